The molecule has 2 fully saturated rings. The maximum absolute atomic E-state index is 13.5. The van der Waals surface area contributed by atoms with Gasteiger partial charge in [-0.05, 0) is 87.6 Å². The molecule has 0 bridgehead atoms. The van der Waals surface area contributed by atoms with E-state index in [0.717, 1.165) is 38.4 Å². The highest BCUT2D eigenvalue weighted by molar-refractivity contribution is 9.10. The first-order chi connectivity index (χ1) is 18.5. The molecule has 15 heteroatoms. The zero-order chi connectivity index (χ0) is 29.7. The topological polar surface area (TPSA) is 67.9 Å². The van der Waals surface area contributed by atoms with Gasteiger partial charge in [0, 0.05) is 15.0 Å². The fourth-order valence-electron chi connectivity index (χ4n) is 4.70. The van der Waals surface area contributed by atoms with Crippen LogP contribution in [0.4, 0.5) is 26.3 Å². The average molecular weight is 726 g/mol. The van der Waals surface area contributed by atoms with E-state index in [9.17, 15) is 34.8 Å². The van der Waals surface area contributed by atoms with Crippen LogP contribution in [0.15, 0.2) is 56.3 Å². The number of alkyl halides is 6. The van der Waals surface area contributed by atoms with Crippen LogP contribution in [0.2, 0.25) is 0 Å². The van der Waals surface area contributed by atoms with E-state index in [1.54, 1.807) is 6.07 Å². The molecule has 2 unspecified atom stereocenters. The van der Waals surface area contributed by atoms with Crippen LogP contribution in [0.5, 0.6) is 11.5 Å². The lowest BCUT2D eigenvalue weighted by molar-refractivity contribution is -0.276. The van der Waals surface area contributed by atoms with Crippen molar-refractivity contribution >= 4 is 41.7 Å². The minimum atomic E-state index is -4.97. The number of halogens is 8. The van der Waals surface area contributed by atoms with Crippen molar-refractivity contribution in [2.45, 2.75) is 61.6 Å². The van der Waals surface area contributed by atoms with Gasteiger partial charge in [0.25, 0.3) is 0 Å². The van der Waals surface area contributed by atoms with Crippen molar-refractivity contribution in [3.8, 4) is 11.5 Å². The van der Waals surface area contributed by atoms with Gasteiger partial charge in [0.2, 0.25) is 0 Å². The van der Waals surface area contributed by atoms with Crippen LogP contribution >= 0.6 is 31.9 Å². The van der Waals surface area contributed by atoms with Gasteiger partial charge in [-0.1, -0.05) is 44.8 Å². The third kappa shape index (κ3) is 9.78. The third-order valence-corrected chi connectivity index (χ3v) is 9.57. The van der Waals surface area contributed by atoms with E-state index in [4.69, 9.17) is 0 Å². The monoisotopic (exact) mass is 724 g/mol. The van der Waals surface area contributed by atoms with Gasteiger partial charge in [-0.3, -0.25) is 4.90 Å². The maximum Gasteiger partial charge on any atom is 0.573 e. The van der Waals surface area contributed by atoms with E-state index in [-0.39, 0.29) is 17.7 Å². The normalized spacial score (nSPS) is 21.3. The van der Waals surface area contributed by atoms with Gasteiger partial charge in [-0.15, -0.1) is 26.3 Å². The van der Waals surface area contributed by atoms with Crippen LogP contribution in [0.1, 0.15) is 32.6 Å². The molecular formula is C25H28Br2F6N2O4S. The number of nitrogens with one attached hydrogen (secondary N) is 1. The van der Waals surface area contributed by atoms with Gasteiger partial charge in [0.05, 0.1) is 0 Å². The first-order valence-corrected chi connectivity index (χ1v) is 15.5. The maximum atomic E-state index is 13.5. The lowest BCUT2D eigenvalue weighted by atomic mass is 9.95. The Kier molecular flexibility index (Phi) is 11.2. The van der Waals surface area contributed by atoms with Crippen molar-refractivity contribution < 1.29 is 44.2 Å². The minimum Gasteiger partial charge on any atom is -0.406 e. The molecule has 0 radical (unpaired) electrons. The summed E-state index contributed by atoms with van der Waals surface area (Å²) < 4.78 is 109. The number of ether oxygens (including phenoxy) is 2. The molecule has 224 valence electrons. The van der Waals surface area contributed by atoms with Crippen molar-refractivity contribution in [3.63, 3.8) is 0 Å². The summed E-state index contributed by atoms with van der Waals surface area (Å²) in [6.07, 6.45) is -6.67. The molecule has 2 aliphatic heterocycles. The molecule has 1 N–H and O–H groups in total. The van der Waals surface area contributed by atoms with E-state index in [1.165, 1.54) is 30.3 Å². The quantitative estimate of drug-likeness (QED) is 0.327. The van der Waals surface area contributed by atoms with Gasteiger partial charge >= 0.3 is 12.7 Å². The summed E-state index contributed by atoms with van der Waals surface area (Å²) in [5.41, 5.74) is 0. The summed E-state index contributed by atoms with van der Waals surface area (Å²) in [6, 6.07) is 9.34. The van der Waals surface area contributed by atoms with Crippen molar-refractivity contribution in [3.05, 3.63) is 51.4 Å². The Balaban J connectivity index is 0.000000307. The van der Waals surface area contributed by atoms with Crippen LogP contribution in [-0.4, -0.2) is 57.1 Å². The predicted octanol–water partition coefficient (Wildman–Crippen LogP) is 7.28. The first kappa shape index (κ1) is 33.0. The van der Waals surface area contributed by atoms with Crippen LogP contribution in [0.3, 0.4) is 0 Å². The van der Waals surface area contributed by atoms with Crippen molar-refractivity contribution in [1.82, 2.24) is 10.2 Å². The summed E-state index contributed by atoms with van der Waals surface area (Å²) in [5.74, 6) is -0.734. The predicted molar refractivity (Wildman–Crippen MR) is 144 cm³/mol. The molecule has 2 heterocycles. The second-order valence-corrected chi connectivity index (χ2v) is 13.4. The Morgan fingerprint density at radius 2 is 1.52 bits per heavy atom. The lowest BCUT2D eigenvalue weighted by Gasteiger charge is -2.44. The molecule has 2 aromatic rings. The van der Waals surface area contributed by atoms with E-state index in [2.05, 4.69) is 46.7 Å². The highest BCUT2D eigenvalue weighted by atomic mass is 79.9. The molecule has 40 heavy (non-hydrogen) atoms. The smallest absolute Gasteiger partial charge is 0.406 e. The molecule has 0 aromatic heterocycles. The van der Waals surface area contributed by atoms with Gasteiger partial charge < -0.3 is 14.8 Å². The Morgan fingerprint density at radius 3 is 2.12 bits per heavy atom. The molecule has 2 aliphatic rings. The van der Waals surface area contributed by atoms with Gasteiger partial charge in [0.15, 0.2) is 9.84 Å². The molecule has 2 aromatic carbocycles. The van der Waals surface area contributed by atoms with Crippen molar-refractivity contribution in [2.75, 3.05) is 19.6 Å². The fraction of sp³-hybridized carbons (Fsp3) is 0.520. The molecule has 0 amide bonds. The van der Waals surface area contributed by atoms with Crippen molar-refractivity contribution in [1.29, 1.82) is 0 Å². The third-order valence-electron chi connectivity index (χ3n) is 6.46. The number of piperidine rings is 2. The number of likely N-dealkylation sites (tertiary alicyclic amines) is 1. The SMILES string of the molecule is CC1CCN(C2CCNCC2)C(S(=O)(=O)c2ccc(Br)cc2OC(F)(F)F)C1.FC(F)(F)Oc1cccc(Br)c1. The van der Waals surface area contributed by atoms with E-state index < -0.39 is 38.6 Å². The molecule has 4 rings (SSSR count). The second kappa shape index (κ2) is 13.6. The highest BCUT2D eigenvalue weighted by Gasteiger charge is 2.43. The molecule has 0 aliphatic carbocycles. The summed E-state index contributed by atoms with van der Waals surface area (Å²) in [6.45, 7) is 4.23. The van der Waals surface area contributed by atoms with Gasteiger partial charge in [-0.25, -0.2) is 8.42 Å². The van der Waals surface area contributed by atoms with Crippen molar-refractivity contribution in [2.24, 2.45) is 5.92 Å². The standard InChI is InChI=1S/C18H24BrF3N2O3S.C7H4BrF3O/c1-12-6-9-24(14-4-7-23-8-5-14)17(10-12)28(25,26)16-3-2-13(19)11-15(16)27-18(20,21)22;8-5-2-1-3-6(4-5)12-7(9,10)11/h2-3,11-12,14,17,23H,4-10H2,1H3;1-4H. The van der Waals surface area contributed by atoms with E-state index in [1.807, 2.05) is 11.8 Å². The Hall–Kier alpha value is -1.55. The average Bonchev–Trinajstić information content (AvgIpc) is 2.83. The molecule has 0 saturated carbocycles. The minimum absolute atomic E-state index is 0.107. The summed E-state index contributed by atoms with van der Waals surface area (Å²) in [5, 5.41) is 2.41. The molecule has 2 atom stereocenters. The number of sulfone groups is 1. The zero-order valence-electron chi connectivity index (χ0n) is 21.2. The van der Waals surface area contributed by atoms with E-state index >= 15 is 0 Å². The summed E-state index contributed by atoms with van der Waals surface area (Å²) in [4.78, 5) is 1.57. The largest absolute Gasteiger partial charge is 0.573 e. The number of hydrogen-bond donors (Lipinski definition) is 1. The van der Waals surface area contributed by atoms with Crippen LogP contribution in [0, 0.1) is 5.92 Å². The lowest BCUT2D eigenvalue weighted by Crippen LogP contribution is -2.54. The summed E-state index contributed by atoms with van der Waals surface area (Å²) >= 11 is 6.11. The number of hydrogen-bond acceptors (Lipinski definition) is 6. The van der Waals surface area contributed by atoms with Gasteiger partial charge in [0.1, 0.15) is 21.8 Å². The van der Waals surface area contributed by atoms with Crippen LogP contribution < -0.4 is 14.8 Å². The Labute approximate surface area is 245 Å². The molecular weight excluding hydrogens is 698 g/mol. The fourth-order valence-corrected chi connectivity index (χ4v) is 7.57. The Morgan fingerprint density at radius 1 is 0.900 bits per heavy atom. The van der Waals surface area contributed by atoms with Crippen LogP contribution in [0.25, 0.3) is 0 Å². The summed E-state index contributed by atoms with van der Waals surface area (Å²) in [7, 11) is -4.05. The van der Waals surface area contributed by atoms with Crippen LogP contribution in [-0.2, 0) is 9.84 Å². The highest BCUT2D eigenvalue weighted by Crippen LogP contribution is 2.39. The number of benzene rings is 2. The number of nitrogens with zero attached hydrogens (tertiary/aromatic N) is 1. The van der Waals surface area contributed by atoms with Gasteiger partial charge in [-0.2, -0.15) is 0 Å². The zero-order valence-corrected chi connectivity index (χ0v) is 25.2. The second-order valence-electron chi connectivity index (χ2n) is 9.49. The Bertz CT molecular complexity index is 1240. The first-order valence-electron chi connectivity index (χ1n) is 12.3. The molecule has 2 saturated heterocycles. The molecule has 6 nitrogen and oxygen atoms in total. The molecule has 0 spiro atoms. The van der Waals surface area contributed by atoms with E-state index in [0.29, 0.717) is 21.9 Å². The number of rotatable bonds is 5.